The van der Waals surface area contributed by atoms with Gasteiger partial charge in [0, 0.05) is 30.9 Å². The number of likely N-dealkylation sites (tertiary alicyclic amines) is 1. The third kappa shape index (κ3) is 5.40. The highest BCUT2D eigenvalue weighted by molar-refractivity contribution is 5.76. The van der Waals surface area contributed by atoms with E-state index >= 15 is 0 Å². The minimum Gasteiger partial charge on any atom is -0.351 e. The molecule has 0 aliphatic carbocycles. The highest BCUT2D eigenvalue weighted by Crippen LogP contribution is 2.11. The fourth-order valence-electron chi connectivity index (χ4n) is 3.47. The summed E-state index contributed by atoms with van der Waals surface area (Å²) in [7, 11) is 0. The summed E-state index contributed by atoms with van der Waals surface area (Å²) in [4.78, 5) is 40.2. The number of hydrogen-bond donors (Lipinski definition) is 2. The Hall–Kier alpha value is -2.67. The number of nitrogens with zero attached hydrogens (tertiary/aromatic N) is 2. The Morgan fingerprint density at radius 3 is 2.81 bits per heavy atom. The maximum atomic E-state index is 12.3. The summed E-state index contributed by atoms with van der Waals surface area (Å²) in [6, 6.07) is 10.5. The van der Waals surface area contributed by atoms with Crippen LogP contribution >= 0.6 is 0 Å². The zero-order valence-electron chi connectivity index (χ0n) is 15.6. The van der Waals surface area contributed by atoms with Crippen molar-refractivity contribution in [2.24, 2.45) is 0 Å². The normalized spacial score (nSPS) is 17.6. The van der Waals surface area contributed by atoms with Crippen LogP contribution in [0.1, 0.15) is 24.0 Å². The molecule has 1 aliphatic heterocycles. The molecule has 1 aromatic carbocycles. The molecule has 7 heteroatoms. The zero-order chi connectivity index (χ0) is 19.2. The Morgan fingerprint density at radius 1 is 1.26 bits per heavy atom. The number of carbonyl (C=O) groups excluding carboxylic acids is 1. The summed E-state index contributed by atoms with van der Waals surface area (Å²) in [6.45, 7) is 4.35. The maximum Gasteiger partial charge on any atom is 0.328 e. The lowest BCUT2D eigenvalue weighted by Gasteiger charge is -2.33. The second-order valence-electron chi connectivity index (χ2n) is 7.14. The van der Waals surface area contributed by atoms with Crippen LogP contribution in [0.2, 0.25) is 0 Å². The summed E-state index contributed by atoms with van der Waals surface area (Å²) < 4.78 is 1.24. The fraction of sp³-hybridized carbons (Fsp3) is 0.450. The van der Waals surface area contributed by atoms with Crippen LogP contribution in [0.5, 0.6) is 0 Å². The number of aryl methyl sites for hydroxylation is 1. The smallest absolute Gasteiger partial charge is 0.328 e. The van der Waals surface area contributed by atoms with E-state index in [0.29, 0.717) is 5.56 Å². The Kier molecular flexibility index (Phi) is 6.24. The van der Waals surface area contributed by atoms with E-state index in [-0.39, 0.29) is 18.5 Å². The first-order valence-corrected chi connectivity index (χ1v) is 9.37. The van der Waals surface area contributed by atoms with Crippen molar-refractivity contribution in [3.8, 4) is 0 Å². The van der Waals surface area contributed by atoms with Crippen molar-refractivity contribution in [2.75, 3.05) is 19.6 Å². The molecular formula is C20H26N4O3. The number of H-pyrrole nitrogens is 1. The van der Waals surface area contributed by atoms with Gasteiger partial charge >= 0.3 is 5.69 Å². The zero-order valence-corrected chi connectivity index (χ0v) is 15.6. The van der Waals surface area contributed by atoms with E-state index in [4.69, 9.17) is 0 Å². The number of nitrogens with one attached hydrogen (secondary N) is 2. The number of aromatic nitrogens is 2. The van der Waals surface area contributed by atoms with E-state index in [1.54, 1.807) is 6.92 Å². The molecule has 27 heavy (non-hydrogen) atoms. The molecule has 0 bridgehead atoms. The molecule has 2 N–H and O–H groups in total. The third-order valence-electron chi connectivity index (χ3n) is 4.93. The van der Waals surface area contributed by atoms with E-state index in [9.17, 15) is 14.4 Å². The van der Waals surface area contributed by atoms with Crippen LogP contribution in [-0.4, -0.2) is 46.0 Å². The van der Waals surface area contributed by atoms with Crippen LogP contribution in [0.4, 0.5) is 0 Å². The largest absolute Gasteiger partial charge is 0.351 e. The minimum atomic E-state index is -0.561. The van der Waals surface area contributed by atoms with Crippen LogP contribution in [0.15, 0.2) is 46.1 Å². The molecule has 1 aromatic heterocycles. The second-order valence-corrected chi connectivity index (χ2v) is 7.14. The van der Waals surface area contributed by atoms with E-state index in [1.807, 2.05) is 6.07 Å². The number of rotatable bonds is 6. The van der Waals surface area contributed by atoms with Crippen LogP contribution in [0.25, 0.3) is 0 Å². The fourth-order valence-corrected chi connectivity index (χ4v) is 3.47. The number of amides is 1. The van der Waals surface area contributed by atoms with Gasteiger partial charge in [0.2, 0.25) is 5.91 Å². The van der Waals surface area contributed by atoms with Crippen molar-refractivity contribution in [2.45, 2.75) is 38.8 Å². The van der Waals surface area contributed by atoms with Gasteiger partial charge in [-0.3, -0.25) is 19.1 Å². The molecule has 0 saturated carbocycles. The maximum absolute atomic E-state index is 12.3. The SMILES string of the molecule is Cc1cn(CC(=O)N[C@H]2CCCN(CCc3ccccc3)C2)c(=O)[nH]c1=O. The third-order valence-corrected chi connectivity index (χ3v) is 4.93. The number of carbonyl (C=O) groups is 1. The van der Waals surface area contributed by atoms with Crippen LogP contribution < -0.4 is 16.6 Å². The Bertz CT molecular complexity index is 888. The van der Waals surface area contributed by atoms with Crippen molar-refractivity contribution in [3.05, 3.63) is 68.5 Å². The van der Waals surface area contributed by atoms with Crippen molar-refractivity contribution in [1.82, 2.24) is 19.8 Å². The molecular weight excluding hydrogens is 344 g/mol. The molecule has 1 saturated heterocycles. The molecule has 0 unspecified atom stereocenters. The standard InChI is InChI=1S/C20H26N4O3/c1-15-12-24(20(27)22-19(15)26)14-18(25)21-17-8-5-10-23(13-17)11-9-16-6-3-2-4-7-16/h2-4,6-7,12,17H,5,8-11,13-14H2,1H3,(H,21,25)(H,22,26,27)/t17-/m0/s1. The first-order valence-electron chi connectivity index (χ1n) is 9.37. The molecule has 2 aromatic rings. The van der Waals surface area contributed by atoms with Crippen LogP contribution in [-0.2, 0) is 17.8 Å². The molecule has 1 amide bonds. The molecule has 3 rings (SSSR count). The predicted octanol–water partition coefficient (Wildman–Crippen LogP) is 0.668. The van der Waals surface area contributed by atoms with Crippen molar-refractivity contribution < 1.29 is 4.79 Å². The second kappa shape index (κ2) is 8.81. The van der Waals surface area contributed by atoms with Gasteiger partial charge in [0.15, 0.2) is 0 Å². The molecule has 0 spiro atoms. The van der Waals surface area contributed by atoms with Gasteiger partial charge in [0.05, 0.1) is 0 Å². The lowest BCUT2D eigenvalue weighted by Crippen LogP contribution is -2.49. The van der Waals surface area contributed by atoms with Crippen LogP contribution in [0.3, 0.4) is 0 Å². The van der Waals surface area contributed by atoms with E-state index < -0.39 is 11.2 Å². The highest BCUT2D eigenvalue weighted by Gasteiger charge is 2.21. The van der Waals surface area contributed by atoms with E-state index in [1.165, 1.54) is 16.3 Å². The Balaban J connectivity index is 1.51. The van der Waals surface area contributed by atoms with Crippen molar-refractivity contribution >= 4 is 5.91 Å². The first kappa shape index (κ1) is 19.1. The average molecular weight is 370 g/mol. The Labute approximate surface area is 158 Å². The lowest BCUT2D eigenvalue weighted by molar-refractivity contribution is -0.122. The quantitative estimate of drug-likeness (QED) is 0.782. The van der Waals surface area contributed by atoms with Crippen molar-refractivity contribution in [1.29, 1.82) is 0 Å². The van der Waals surface area contributed by atoms with Gasteiger partial charge in [-0.25, -0.2) is 4.79 Å². The number of piperidine rings is 1. The van der Waals surface area contributed by atoms with Gasteiger partial charge < -0.3 is 10.2 Å². The van der Waals surface area contributed by atoms with Gasteiger partial charge in [-0.1, -0.05) is 30.3 Å². The summed E-state index contributed by atoms with van der Waals surface area (Å²) >= 11 is 0. The van der Waals surface area contributed by atoms with Crippen molar-refractivity contribution in [3.63, 3.8) is 0 Å². The summed E-state index contributed by atoms with van der Waals surface area (Å²) in [5.74, 6) is -0.210. The van der Waals surface area contributed by atoms with Gasteiger partial charge in [-0.2, -0.15) is 0 Å². The van der Waals surface area contributed by atoms with E-state index in [0.717, 1.165) is 38.9 Å². The molecule has 7 nitrogen and oxygen atoms in total. The topological polar surface area (TPSA) is 87.2 Å². The molecule has 1 fully saturated rings. The van der Waals surface area contributed by atoms with Gasteiger partial charge in [0.1, 0.15) is 6.54 Å². The average Bonchev–Trinajstić information content (AvgIpc) is 2.65. The predicted molar refractivity (Wildman–Crippen MR) is 104 cm³/mol. The lowest BCUT2D eigenvalue weighted by atomic mass is 10.0. The first-order chi connectivity index (χ1) is 13.0. The highest BCUT2D eigenvalue weighted by atomic mass is 16.2. The Morgan fingerprint density at radius 2 is 2.04 bits per heavy atom. The van der Waals surface area contributed by atoms with Crippen LogP contribution in [0, 0.1) is 6.92 Å². The van der Waals surface area contributed by atoms with Gasteiger partial charge in [0.25, 0.3) is 5.56 Å². The summed E-state index contributed by atoms with van der Waals surface area (Å²) in [5.41, 5.74) is 0.746. The van der Waals surface area contributed by atoms with Gasteiger partial charge in [-0.05, 0) is 38.3 Å². The number of benzene rings is 1. The van der Waals surface area contributed by atoms with Gasteiger partial charge in [-0.15, -0.1) is 0 Å². The molecule has 144 valence electrons. The molecule has 1 aliphatic rings. The molecule has 0 radical (unpaired) electrons. The van der Waals surface area contributed by atoms with E-state index in [2.05, 4.69) is 39.5 Å². The minimum absolute atomic E-state index is 0.0848. The summed E-state index contributed by atoms with van der Waals surface area (Å²) in [6.07, 6.45) is 4.39. The number of aromatic amines is 1. The summed E-state index contributed by atoms with van der Waals surface area (Å²) in [5, 5.41) is 3.02. The number of hydrogen-bond acceptors (Lipinski definition) is 4. The monoisotopic (exact) mass is 370 g/mol. The molecule has 1 atom stereocenters. The molecule has 2 heterocycles.